The van der Waals surface area contributed by atoms with E-state index in [-0.39, 0.29) is 0 Å². The van der Waals surface area contributed by atoms with E-state index in [4.69, 9.17) is 14.7 Å². The molecular weight excluding hydrogens is 450 g/mol. The second-order valence-electron chi connectivity index (χ2n) is 9.84. The molecule has 7 nitrogen and oxygen atoms in total. The van der Waals surface area contributed by atoms with Crippen molar-refractivity contribution in [2.45, 2.75) is 58.5 Å². The summed E-state index contributed by atoms with van der Waals surface area (Å²) in [7, 11) is 0. The molecule has 1 saturated heterocycles. The monoisotopic (exact) mass is 481 g/mol. The van der Waals surface area contributed by atoms with Gasteiger partial charge >= 0.3 is 0 Å². The highest BCUT2D eigenvalue weighted by Gasteiger charge is 2.25. The Bertz CT molecular complexity index is 1280. The lowest BCUT2D eigenvalue weighted by atomic mass is 10.0. The Balaban J connectivity index is 1.26. The first-order valence-electron chi connectivity index (χ1n) is 12.6. The minimum atomic E-state index is 0.310. The quantitative estimate of drug-likeness (QED) is 0.468. The Hall–Kier alpha value is -3.76. The number of nitrogens with one attached hydrogen (secondary N) is 1. The van der Waals surface area contributed by atoms with Crippen molar-refractivity contribution in [1.82, 2.24) is 14.9 Å². The largest absolute Gasteiger partial charge is 0.438 e. The highest BCUT2D eigenvalue weighted by Crippen LogP contribution is 2.35. The fourth-order valence-corrected chi connectivity index (χ4v) is 5.20. The van der Waals surface area contributed by atoms with Crippen molar-refractivity contribution in [2.75, 3.05) is 18.4 Å². The van der Waals surface area contributed by atoms with E-state index in [1.54, 1.807) is 0 Å². The summed E-state index contributed by atoms with van der Waals surface area (Å²) in [4.78, 5) is 23.0. The maximum atomic E-state index is 10.9. The predicted octanol–water partition coefficient (Wildman–Crippen LogP) is 5.14. The minimum Gasteiger partial charge on any atom is -0.438 e. The zero-order chi connectivity index (χ0) is 25.1. The summed E-state index contributed by atoms with van der Waals surface area (Å²) in [6.07, 6.45) is 5.82. The number of hydrogen-bond acceptors (Lipinski definition) is 7. The number of aldehydes is 1. The van der Waals surface area contributed by atoms with Gasteiger partial charge in [-0.3, -0.25) is 9.69 Å². The smallest absolute Gasteiger partial charge is 0.227 e. The Morgan fingerprint density at radius 3 is 2.50 bits per heavy atom. The van der Waals surface area contributed by atoms with Crippen molar-refractivity contribution in [3.05, 3.63) is 75.5 Å². The number of likely N-dealkylation sites (tertiary alicyclic amines) is 1. The summed E-state index contributed by atoms with van der Waals surface area (Å²) in [5.74, 6) is 2.03. The van der Waals surface area contributed by atoms with Gasteiger partial charge in [0.05, 0.1) is 17.3 Å². The van der Waals surface area contributed by atoms with Crippen LogP contribution in [-0.2, 0) is 19.4 Å². The van der Waals surface area contributed by atoms with Crippen LogP contribution >= 0.6 is 0 Å². The number of nitrogens with zero attached hydrogens (tertiary/aromatic N) is 4. The third kappa shape index (κ3) is 5.24. The number of carbonyl (C=O) groups excluding carboxylic acids is 1. The molecule has 7 heteroatoms. The molecule has 0 radical (unpaired) electrons. The number of fused-ring (bicyclic) bond motifs is 1. The van der Waals surface area contributed by atoms with E-state index < -0.39 is 0 Å². The first kappa shape index (κ1) is 24.0. The summed E-state index contributed by atoms with van der Waals surface area (Å²) >= 11 is 0. The fourth-order valence-electron chi connectivity index (χ4n) is 5.20. The van der Waals surface area contributed by atoms with Crippen LogP contribution in [0.5, 0.6) is 11.6 Å². The molecule has 36 heavy (non-hydrogen) atoms. The lowest BCUT2D eigenvalue weighted by molar-refractivity contribution is 0.112. The van der Waals surface area contributed by atoms with E-state index in [9.17, 15) is 10.1 Å². The van der Waals surface area contributed by atoms with Crippen LogP contribution in [0.25, 0.3) is 0 Å². The molecule has 2 aliphatic rings. The van der Waals surface area contributed by atoms with E-state index in [0.717, 1.165) is 86.2 Å². The van der Waals surface area contributed by atoms with Crippen LogP contribution in [-0.4, -0.2) is 40.3 Å². The minimum absolute atomic E-state index is 0.310. The van der Waals surface area contributed by atoms with Gasteiger partial charge < -0.3 is 10.1 Å². The summed E-state index contributed by atoms with van der Waals surface area (Å²) in [5.41, 5.74) is 6.60. The third-order valence-corrected chi connectivity index (χ3v) is 7.13. The van der Waals surface area contributed by atoms with Gasteiger partial charge in [-0.15, -0.1) is 0 Å². The summed E-state index contributed by atoms with van der Waals surface area (Å²) < 4.78 is 6.38. The second-order valence-corrected chi connectivity index (χ2v) is 9.84. The molecule has 1 aliphatic heterocycles. The van der Waals surface area contributed by atoms with E-state index >= 15 is 0 Å². The molecule has 0 spiro atoms. The van der Waals surface area contributed by atoms with Gasteiger partial charge in [-0.2, -0.15) is 10.2 Å². The fraction of sp³-hybridized carbons (Fsp3) is 0.379. The molecule has 0 bridgehead atoms. The molecule has 1 fully saturated rings. The van der Waals surface area contributed by atoms with Gasteiger partial charge in [0.15, 0.2) is 0 Å². The van der Waals surface area contributed by atoms with Crippen molar-refractivity contribution in [2.24, 2.45) is 0 Å². The molecule has 0 saturated carbocycles. The summed E-state index contributed by atoms with van der Waals surface area (Å²) in [6, 6.07) is 14.0. The lowest BCUT2D eigenvalue weighted by Gasteiger charge is -2.32. The van der Waals surface area contributed by atoms with E-state index in [1.165, 1.54) is 5.56 Å². The van der Waals surface area contributed by atoms with Crippen LogP contribution in [0.4, 0.5) is 5.95 Å². The number of carbonyl (C=O) groups is 1. The van der Waals surface area contributed by atoms with Crippen LogP contribution in [0.3, 0.4) is 0 Å². The molecule has 2 heterocycles. The lowest BCUT2D eigenvalue weighted by Crippen LogP contribution is -2.39. The van der Waals surface area contributed by atoms with E-state index in [2.05, 4.69) is 16.3 Å². The Morgan fingerprint density at radius 1 is 1.11 bits per heavy atom. The van der Waals surface area contributed by atoms with Gasteiger partial charge in [0.1, 0.15) is 12.0 Å². The molecule has 1 N–H and O–H groups in total. The number of ether oxygens (including phenoxy) is 1. The number of aryl methyl sites for hydroxylation is 3. The van der Waals surface area contributed by atoms with Gasteiger partial charge in [0.25, 0.3) is 0 Å². The molecule has 184 valence electrons. The Morgan fingerprint density at radius 2 is 1.83 bits per heavy atom. The maximum Gasteiger partial charge on any atom is 0.227 e. The average molecular weight is 482 g/mol. The first-order valence-corrected chi connectivity index (χ1v) is 12.6. The summed E-state index contributed by atoms with van der Waals surface area (Å²) in [5, 5.41) is 12.8. The van der Waals surface area contributed by atoms with Crippen molar-refractivity contribution in [3.8, 4) is 17.7 Å². The van der Waals surface area contributed by atoms with Crippen LogP contribution in [0.15, 0.2) is 36.4 Å². The summed E-state index contributed by atoms with van der Waals surface area (Å²) in [6.45, 7) is 6.81. The van der Waals surface area contributed by atoms with Crippen LogP contribution in [0.2, 0.25) is 0 Å². The molecule has 1 aliphatic carbocycles. The molecule has 0 amide bonds. The van der Waals surface area contributed by atoms with Gasteiger partial charge in [0, 0.05) is 36.8 Å². The Labute approximate surface area is 212 Å². The zero-order valence-corrected chi connectivity index (χ0v) is 20.9. The van der Waals surface area contributed by atoms with Crippen LogP contribution in [0, 0.1) is 25.2 Å². The number of piperidine rings is 1. The average Bonchev–Trinajstić information content (AvgIpc) is 3.36. The number of anilines is 1. The maximum absolute atomic E-state index is 10.9. The Kier molecular flexibility index (Phi) is 6.97. The molecule has 1 aromatic heterocycles. The number of hydrogen-bond donors (Lipinski definition) is 1. The van der Waals surface area contributed by atoms with E-state index in [0.29, 0.717) is 29.0 Å². The molecular formula is C29H31N5O2. The number of nitriles is 1. The normalized spacial score (nSPS) is 15.8. The third-order valence-electron chi connectivity index (χ3n) is 7.13. The SMILES string of the molecule is Cc1cc(C#N)cc(C)c1Oc1nc(NC2CCN(Cc3ccc(C=O)cc3)CC2)nc2c1CCC2. The van der Waals surface area contributed by atoms with Crippen LogP contribution in [0.1, 0.15) is 63.1 Å². The van der Waals surface area contributed by atoms with Crippen molar-refractivity contribution >= 4 is 12.2 Å². The van der Waals surface area contributed by atoms with Gasteiger partial charge in [-0.1, -0.05) is 24.3 Å². The molecule has 0 unspecified atom stereocenters. The van der Waals surface area contributed by atoms with Crippen LogP contribution < -0.4 is 10.1 Å². The first-order chi connectivity index (χ1) is 17.5. The van der Waals surface area contributed by atoms with Gasteiger partial charge in [0.2, 0.25) is 11.8 Å². The van der Waals surface area contributed by atoms with Crippen molar-refractivity contribution in [1.29, 1.82) is 5.26 Å². The molecule has 2 aromatic carbocycles. The highest BCUT2D eigenvalue weighted by molar-refractivity contribution is 5.74. The van der Waals surface area contributed by atoms with Gasteiger partial charge in [-0.25, -0.2) is 4.98 Å². The zero-order valence-electron chi connectivity index (χ0n) is 20.9. The number of aromatic nitrogens is 2. The molecule has 3 aromatic rings. The predicted molar refractivity (Wildman–Crippen MR) is 139 cm³/mol. The molecule has 0 atom stereocenters. The van der Waals surface area contributed by atoms with Crippen molar-refractivity contribution in [3.63, 3.8) is 0 Å². The molecule has 5 rings (SSSR count). The standard InChI is InChI=1S/C29H31N5O2/c1-19-14-23(16-30)15-20(2)27(19)36-28-25-4-3-5-26(25)32-29(33-28)31-24-10-12-34(13-11-24)17-21-6-8-22(18-35)9-7-21/h6-9,14-15,18,24H,3-5,10-13,17H2,1-2H3,(H,31,32,33). The highest BCUT2D eigenvalue weighted by atomic mass is 16.5. The van der Waals surface area contributed by atoms with Gasteiger partial charge in [-0.05, 0) is 74.8 Å². The number of benzene rings is 2. The number of rotatable bonds is 7. The second kappa shape index (κ2) is 10.5. The van der Waals surface area contributed by atoms with E-state index in [1.807, 2.05) is 50.2 Å². The topological polar surface area (TPSA) is 91.1 Å². The van der Waals surface area contributed by atoms with Crippen molar-refractivity contribution < 1.29 is 9.53 Å².